The number of carbonyl (C=O) groups is 2. The van der Waals surface area contributed by atoms with Crippen molar-refractivity contribution in [1.29, 1.82) is 0 Å². The van der Waals surface area contributed by atoms with E-state index in [0.29, 0.717) is 0 Å². The summed E-state index contributed by atoms with van der Waals surface area (Å²) in [6.45, 7) is 0. The Morgan fingerprint density at radius 3 is 2.38 bits per heavy atom. The maximum absolute atomic E-state index is 11.9. The van der Waals surface area contributed by atoms with Crippen LogP contribution in [0.2, 0.25) is 0 Å². The predicted octanol–water partition coefficient (Wildman–Crippen LogP) is 0.953. The Morgan fingerprint density at radius 1 is 1.24 bits per heavy atom. The number of hydrogen-bond acceptors (Lipinski definition) is 4. The molecule has 0 saturated heterocycles. The molecular formula is C14H15NO5S. The van der Waals surface area contributed by atoms with Crippen LogP contribution >= 0.6 is 0 Å². The Hall–Kier alpha value is -2.15. The van der Waals surface area contributed by atoms with Crippen LogP contribution in [0.25, 0.3) is 0 Å². The molecule has 6 nitrogen and oxygen atoms in total. The van der Waals surface area contributed by atoms with Gasteiger partial charge in [0.05, 0.1) is 4.90 Å². The highest BCUT2D eigenvalue weighted by Gasteiger charge is 2.36. The lowest BCUT2D eigenvalue weighted by molar-refractivity contribution is -0.141. The zero-order chi connectivity index (χ0) is 15.5. The normalized spacial score (nSPS) is 16.6. The predicted molar refractivity (Wildman–Crippen MR) is 75.1 cm³/mol. The highest BCUT2D eigenvalue weighted by molar-refractivity contribution is 7.94. The summed E-state index contributed by atoms with van der Waals surface area (Å²) in [5.74, 6) is -1.90. The van der Waals surface area contributed by atoms with Crippen LogP contribution in [0.5, 0.6) is 0 Å². The van der Waals surface area contributed by atoms with E-state index in [1.165, 1.54) is 12.1 Å². The number of carboxylic acid groups (broad SMARTS) is 1. The first-order valence-corrected chi connectivity index (χ1v) is 7.96. The number of hydrogen-bond donors (Lipinski definition) is 2. The van der Waals surface area contributed by atoms with E-state index in [1.807, 2.05) is 0 Å². The standard InChI is InChI=1S/C14H15NO5S/c16-12(15-13(14(17)18)10-6-7-10)8-9-21(19,20)11-4-2-1-3-5-11/h1-5,8-10,13H,6-7H2,(H,15,16)(H,17,18). The van der Waals surface area contributed by atoms with E-state index >= 15 is 0 Å². The number of nitrogens with one attached hydrogen (secondary N) is 1. The first-order chi connectivity index (χ1) is 9.90. The summed E-state index contributed by atoms with van der Waals surface area (Å²) < 4.78 is 23.8. The second kappa shape index (κ2) is 6.09. The van der Waals surface area contributed by atoms with Gasteiger partial charge in [0, 0.05) is 11.5 Å². The Balaban J connectivity index is 2.03. The van der Waals surface area contributed by atoms with Crippen molar-refractivity contribution in [2.45, 2.75) is 23.8 Å². The molecule has 0 radical (unpaired) electrons. The number of carboxylic acids is 1. The molecule has 1 aliphatic carbocycles. The zero-order valence-electron chi connectivity index (χ0n) is 11.1. The Kier molecular flexibility index (Phi) is 4.42. The fraction of sp³-hybridized carbons (Fsp3) is 0.286. The van der Waals surface area contributed by atoms with Gasteiger partial charge in [-0.2, -0.15) is 0 Å². The number of sulfone groups is 1. The molecule has 0 aromatic heterocycles. The van der Waals surface area contributed by atoms with Crippen molar-refractivity contribution in [2.24, 2.45) is 5.92 Å². The minimum atomic E-state index is -3.70. The first kappa shape index (κ1) is 15.2. The second-order valence-corrected chi connectivity index (χ2v) is 6.66. The molecule has 1 atom stereocenters. The average Bonchev–Trinajstić information content (AvgIpc) is 3.28. The average molecular weight is 309 g/mol. The topological polar surface area (TPSA) is 101 Å². The molecule has 21 heavy (non-hydrogen) atoms. The number of aliphatic carboxylic acids is 1. The van der Waals surface area contributed by atoms with Gasteiger partial charge in [0.15, 0.2) is 9.84 Å². The third kappa shape index (κ3) is 4.16. The Labute approximate surface area is 122 Å². The van der Waals surface area contributed by atoms with E-state index in [4.69, 9.17) is 5.11 Å². The molecule has 0 bridgehead atoms. The van der Waals surface area contributed by atoms with Gasteiger partial charge in [-0.1, -0.05) is 18.2 Å². The summed E-state index contributed by atoms with van der Waals surface area (Å²) in [6, 6.07) is 6.72. The van der Waals surface area contributed by atoms with E-state index in [1.54, 1.807) is 18.2 Å². The van der Waals surface area contributed by atoms with Gasteiger partial charge in [0.25, 0.3) is 0 Å². The quantitative estimate of drug-likeness (QED) is 0.762. The van der Waals surface area contributed by atoms with E-state index in [0.717, 1.165) is 24.3 Å². The molecule has 1 amide bonds. The number of benzene rings is 1. The van der Waals surface area contributed by atoms with Crippen LogP contribution in [-0.2, 0) is 19.4 Å². The summed E-state index contributed by atoms with van der Waals surface area (Å²) in [5.41, 5.74) is 0. The molecule has 1 aromatic rings. The summed E-state index contributed by atoms with van der Waals surface area (Å²) in [5, 5.41) is 12.1. The Morgan fingerprint density at radius 2 is 1.86 bits per heavy atom. The third-order valence-electron chi connectivity index (χ3n) is 3.13. The van der Waals surface area contributed by atoms with Crippen LogP contribution in [-0.4, -0.2) is 31.4 Å². The Bertz CT molecular complexity index is 662. The maximum Gasteiger partial charge on any atom is 0.326 e. The minimum Gasteiger partial charge on any atom is -0.480 e. The summed E-state index contributed by atoms with van der Waals surface area (Å²) in [7, 11) is -3.70. The van der Waals surface area contributed by atoms with E-state index in [-0.39, 0.29) is 10.8 Å². The van der Waals surface area contributed by atoms with Crippen LogP contribution < -0.4 is 5.32 Å². The fourth-order valence-electron chi connectivity index (χ4n) is 1.85. The van der Waals surface area contributed by atoms with E-state index in [2.05, 4.69) is 5.32 Å². The lowest BCUT2D eigenvalue weighted by atomic mass is 10.2. The molecule has 1 aromatic carbocycles. The molecule has 0 aliphatic heterocycles. The third-order valence-corrected chi connectivity index (χ3v) is 4.55. The summed E-state index contributed by atoms with van der Waals surface area (Å²) in [6.07, 6.45) is 2.35. The molecule has 0 heterocycles. The monoisotopic (exact) mass is 309 g/mol. The highest BCUT2D eigenvalue weighted by Crippen LogP contribution is 2.32. The lowest BCUT2D eigenvalue weighted by Crippen LogP contribution is -2.41. The smallest absolute Gasteiger partial charge is 0.326 e. The molecule has 1 fully saturated rings. The number of carbonyl (C=O) groups excluding carboxylic acids is 1. The van der Waals surface area contributed by atoms with E-state index < -0.39 is 27.8 Å². The molecule has 1 aliphatic rings. The number of rotatable bonds is 6. The second-order valence-electron chi connectivity index (χ2n) is 4.82. The molecule has 1 unspecified atom stereocenters. The van der Waals surface area contributed by atoms with Gasteiger partial charge in [-0.15, -0.1) is 0 Å². The van der Waals surface area contributed by atoms with Crippen molar-refractivity contribution in [2.75, 3.05) is 0 Å². The minimum absolute atomic E-state index is 0.0643. The van der Waals surface area contributed by atoms with Crippen LogP contribution in [0, 0.1) is 5.92 Å². The van der Waals surface area contributed by atoms with Crippen LogP contribution in [0.3, 0.4) is 0 Å². The van der Waals surface area contributed by atoms with Crippen molar-refractivity contribution in [3.8, 4) is 0 Å². The van der Waals surface area contributed by atoms with Gasteiger partial charge < -0.3 is 10.4 Å². The van der Waals surface area contributed by atoms with Gasteiger partial charge in [-0.3, -0.25) is 4.79 Å². The first-order valence-electron chi connectivity index (χ1n) is 6.41. The highest BCUT2D eigenvalue weighted by atomic mass is 32.2. The van der Waals surface area contributed by atoms with Crippen molar-refractivity contribution in [3.63, 3.8) is 0 Å². The molecule has 112 valence electrons. The fourth-order valence-corrected chi connectivity index (χ4v) is 2.85. The molecule has 7 heteroatoms. The van der Waals surface area contributed by atoms with Gasteiger partial charge in [0.1, 0.15) is 6.04 Å². The lowest BCUT2D eigenvalue weighted by Gasteiger charge is -2.11. The molecule has 2 rings (SSSR count). The molecular weight excluding hydrogens is 294 g/mol. The number of amides is 1. The van der Waals surface area contributed by atoms with Gasteiger partial charge >= 0.3 is 5.97 Å². The van der Waals surface area contributed by atoms with Crippen LogP contribution in [0.15, 0.2) is 46.7 Å². The van der Waals surface area contributed by atoms with Crippen molar-refractivity contribution in [1.82, 2.24) is 5.32 Å². The van der Waals surface area contributed by atoms with Crippen molar-refractivity contribution in [3.05, 3.63) is 41.8 Å². The van der Waals surface area contributed by atoms with Crippen LogP contribution in [0.4, 0.5) is 0 Å². The van der Waals surface area contributed by atoms with Gasteiger partial charge in [0.2, 0.25) is 5.91 Å². The van der Waals surface area contributed by atoms with Crippen molar-refractivity contribution < 1.29 is 23.1 Å². The van der Waals surface area contributed by atoms with Crippen molar-refractivity contribution >= 4 is 21.7 Å². The molecule has 2 N–H and O–H groups in total. The molecule has 1 saturated carbocycles. The summed E-state index contributed by atoms with van der Waals surface area (Å²) in [4.78, 5) is 22.7. The largest absolute Gasteiger partial charge is 0.480 e. The molecule has 0 spiro atoms. The van der Waals surface area contributed by atoms with Gasteiger partial charge in [-0.05, 0) is 30.9 Å². The SMILES string of the molecule is O=C(C=CS(=O)(=O)c1ccccc1)NC(C(=O)O)C1CC1. The zero-order valence-corrected chi connectivity index (χ0v) is 11.9. The van der Waals surface area contributed by atoms with Gasteiger partial charge in [-0.25, -0.2) is 13.2 Å². The van der Waals surface area contributed by atoms with E-state index in [9.17, 15) is 18.0 Å². The maximum atomic E-state index is 11.9. The van der Waals surface area contributed by atoms with Crippen LogP contribution in [0.1, 0.15) is 12.8 Å². The summed E-state index contributed by atoms with van der Waals surface area (Å²) >= 11 is 0.